The molecule has 2 fully saturated rings. The number of aromatic nitrogens is 4. The highest BCUT2D eigenvalue weighted by Gasteiger charge is 2.30. The molecule has 0 spiro atoms. The Balaban J connectivity index is 1.47. The molecule has 0 atom stereocenters. The lowest BCUT2D eigenvalue weighted by atomic mass is 10.2. The van der Waals surface area contributed by atoms with Gasteiger partial charge in [-0.05, 0) is 31.7 Å². The fourth-order valence-corrected chi connectivity index (χ4v) is 4.33. The molecule has 0 radical (unpaired) electrons. The summed E-state index contributed by atoms with van der Waals surface area (Å²) in [6.07, 6.45) is 3.79. The third kappa shape index (κ3) is 3.35. The van der Waals surface area contributed by atoms with Gasteiger partial charge in [-0.25, -0.2) is 14.8 Å². The van der Waals surface area contributed by atoms with E-state index in [0.29, 0.717) is 5.92 Å². The Labute approximate surface area is 169 Å². The zero-order valence-corrected chi connectivity index (χ0v) is 16.4. The van der Waals surface area contributed by atoms with Crippen LogP contribution in [-0.4, -0.2) is 31.1 Å². The van der Waals surface area contributed by atoms with Crippen molar-refractivity contribution in [1.82, 2.24) is 19.5 Å². The Bertz CT molecular complexity index is 1260. The number of benzene rings is 1. The van der Waals surface area contributed by atoms with Gasteiger partial charge in [0.2, 0.25) is 0 Å². The van der Waals surface area contributed by atoms with Crippen LogP contribution < -0.4 is 17.0 Å². The van der Waals surface area contributed by atoms with Crippen molar-refractivity contribution in [3.05, 3.63) is 56.5 Å². The van der Waals surface area contributed by atoms with Gasteiger partial charge in [0.25, 0.3) is 5.56 Å². The summed E-state index contributed by atoms with van der Waals surface area (Å²) >= 11 is 1.27. The first kappa shape index (κ1) is 18.1. The van der Waals surface area contributed by atoms with Gasteiger partial charge in [0.05, 0.1) is 11.3 Å². The van der Waals surface area contributed by atoms with Crippen molar-refractivity contribution in [3.63, 3.8) is 0 Å². The summed E-state index contributed by atoms with van der Waals surface area (Å²) in [6.45, 7) is 0. The van der Waals surface area contributed by atoms with Crippen LogP contribution in [0.25, 0.3) is 10.9 Å². The number of nitrogens with two attached hydrogens (primary N) is 1. The molecular formula is C20H19N5O3S. The van der Waals surface area contributed by atoms with Crippen LogP contribution in [-0.2, 0) is 0 Å². The number of anilines is 1. The minimum atomic E-state index is -0.735. The van der Waals surface area contributed by atoms with E-state index in [0.717, 1.165) is 47.4 Å². The number of hydrogen-bond acceptors (Lipinski definition) is 7. The molecule has 5 rings (SSSR count). The van der Waals surface area contributed by atoms with Gasteiger partial charge in [-0.1, -0.05) is 30.0 Å². The third-order valence-corrected chi connectivity index (χ3v) is 6.23. The fraction of sp³-hybridized carbons (Fsp3) is 0.350. The van der Waals surface area contributed by atoms with Gasteiger partial charge >= 0.3 is 5.69 Å². The summed E-state index contributed by atoms with van der Waals surface area (Å²) in [5, 5.41) is 1.59. The van der Waals surface area contributed by atoms with Crippen LogP contribution in [0.4, 0.5) is 5.82 Å². The number of Topliss-reactive ketones (excluding diaryl/α,β-unsaturated/α-hetero) is 1. The van der Waals surface area contributed by atoms with E-state index in [1.54, 1.807) is 0 Å². The lowest BCUT2D eigenvalue weighted by Gasteiger charge is -2.11. The Morgan fingerprint density at radius 2 is 1.93 bits per heavy atom. The Morgan fingerprint density at radius 1 is 1.17 bits per heavy atom. The molecule has 148 valence electrons. The number of ketones is 1. The molecule has 1 aromatic carbocycles. The normalized spacial score (nSPS) is 16.3. The van der Waals surface area contributed by atoms with E-state index < -0.39 is 17.0 Å². The van der Waals surface area contributed by atoms with Crippen molar-refractivity contribution in [2.75, 3.05) is 11.5 Å². The minimum Gasteiger partial charge on any atom is -0.384 e. The molecule has 0 unspecified atom stereocenters. The van der Waals surface area contributed by atoms with Gasteiger partial charge in [0, 0.05) is 17.3 Å². The molecule has 2 heterocycles. The van der Waals surface area contributed by atoms with Gasteiger partial charge in [0.1, 0.15) is 22.2 Å². The summed E-state index contributed by atoms with van der Waals surface area (Å²) in [5.41, 5.74) is 5.45. The van der Waals surface area contributed by atoms with Crippen LogP contribution >= 0.6 is 11.8 Å². The van der Waals surface area contributed by atoms with Crippen LogP contribution in [0, 0.1) is 0 Å². The van der Waals surface area contributed by atoms with Crippen molar-refractivity contribution in [2.24, 2.45) is 0 Å². The molecule has 9 heteroatoms. The number of rotatable bonds is 6. The van der Waals surface area contributed by atoms with Crippen molar-refractivity contribution >= 4 is 34.3 Å². The van der Waals surface area contributed by atoms with E-state index in [2.05, 4.69) is 15.0 Å². The van der Waals surface area contributed by atoms with Gasteiger partial charge in [-0.2, -0.15) is 0 Å². The van der Waals surface area contributed by atoms with E-state index in [-0.39, 0.29) is 23.2 Å². The largest absolute Gasteiger partial charge is 0.384 e. The zero-order chi connectivity index (χ0) is 20.1. The maximum absolute atomic E-state index is 12.9. The molecule has 0 aliphatic heterocycles. The molecule has 29 heavy (non-hydrogen) atoms. The first-order valence-electron chi connectivity index (χ1n) is 9.60. The number of carbonyl (C=O) groups excluding carboxylic acids is 1. The summed E-state index contributed by atoms with van der Waals surface area (Å²) in [6, 6.07) is 7.65. The molecule has 2 saturated carbocycles. The van der Waals surface area contributed by atoms with Crippen molar-refractivity contribution in [1.29, 1.82) is 0 Å². The molecule has 0 saturated heterocycles. The highest BCUT2D eigenvalue weighted by molar-refractivity contribution is 8.00. The minimum absolute atomic E-state index is 0.00125. The zero-order valence-electron chi connectivity index (χ0n) is 15.6. The summed E-state index contributed by atoms with van der Waals surface area (Å²) < 4.78 is 1.32. The SMILES string of the molecule is Nc1c(C(=O)CSc2nc(C3CC3)nc3ccccc23)c(=O)[nH]c(=O)n1C1CC1. The maximum Gasteiger partial charge on any atom is 0.330 e. The molecule has 8 nitrogen and oxygen atoms in total. The smallest absolute Gasteiger partial charge is 0.330 e. The second kappa shape index (κ2) is 6.84. The molecule has 0 bridgehead atoms. The van der Waals surface area contributed by atoms with Crippen LogP contribution in [0.1, 0.15) is 53.8 Å². The third-order valence-electron chi connectivity index (χ3n) is 5.24. The Hall–Kier alpha value is -2.94. The van der Waals surface area contributed by atoms with E-state index in [9.17, 15) is 14.4 Å². The highest BCUT2D eigenvalue weighted by atomic mass is 32.2. The molecule has 0 amide bonds. The second-order valence-corrected chi connectivity index (χ2v) is 8.47. The average molecular weight is 409 g/mol. The van der Waals surface area contributed by atoms with Gasteiger partial charge in [-0.3, -0.25) is 19.1 Å². The number of nitrogens with one attached hydrogen (secondary N) is 1. The second-order valence-electron chi connectivity index (χ2n) is 7.51. The van der Waals surface area contributed by atoms with Gasteiger partial charge in [-0.15, -0.1) is 0 Å². The average Bonchev–Trinajstić information content (AvgIpc) is 3.59. The predicted octanol–water partition coefficient (Wildman–Crippen LogP) is 2.25. The van der Waals surface area contributed by atoms with Gasteiger partial charge < -0.3 is 5.73 Å². The molecule has 2 aliphatic carbocycles. The lowest BCUT2D eigenvalue weighted by molar-refractivity contribution is 0.102. The lowest BCUT2D eigenvalue weighted by Crippen LogP contribution is -2.36. The fourth-order valence-electron chi connectivity index (χ4n) is 3.44. The number of thioether (sulfide) groups is 1. The summed E-state index contributed by atoms with van der Waals surface area (Å²) in [7, 11) is 0. The van der Waals surface area contributed by atoms with Crippen LogP contribution in [0.15, 0.2) is 38.9 Å². The van der Waals surface area contributed by atoms with Crippen molar-refractivity contribution in [2.45, 2.75) is 42.7 Å². The number of nitrogens with zero attached hydrogens (tertiary/aromatic N) is 3. The van der Waals surface area contributed by atoms with E-state index in [1.807, 2.05) is 24.3 Å². The highest BCUT2D eigenvalue weighted by Crippen LogP contribution is 2.40. The summed E-state index contributed by atoms with van der Waals surface area (Å²) in [5.74, 6) is 0.728. The molecule has 2 aliphatic rings. The van der Waals surface area contributed by atoms with E-state index in [1.165, 1.54) is 16.3 Å². The van der Waals surface area contributed by atoms with Gasteiger partial charge in [0.15, 0.2) is 5.78 Å². The maximum atomic E-state index is 12.9. The van der Waals surface area contributed by atoms with Crippen LogP contribution in [0.5, 0.6) is 0 Å². The first-order valence-corrected chi connectivity index (χ1v) is 10.6. The van der Waals surface area contributed by atoms with Crippen LogP contribution in [0.2, 0.25) is 0 Å². The number of H-pyrrole nitrogens is 1. The topological polar surface area (TPSA) is 124 Å². The van der Waals surface area contributed by atoms with E-state index >= 15 is 0 Å². The summed E-state index contributed by atoms with van der Waals surface area (Å²) in [4.78, 5) is 48.7. The monoisotopic (exact) mass is 409 g/mol. The van der Waals surface area contributed by atoms with E-state index in [4.69, 9.17) is 5.73 Å². The van der Waals surface area contributed by atoms with Crippen molar-refractivity contribution in [3.8, 4) is 0 Å². The molecular weight excluding hydrogens is 390 g/mol. The van der Waals surface area contributed by atoms with Crippen LogP contribution in [0.3, 0.4) is 0 Å². The molecule has 3 N–H and O–H groups in total. The predicted molar refractivity (Wildman–Crippen MR) is 111 cm³/mol. The van der Waals surface area contributed by atoms with Crippen molar-refractivity contribution < 1.29 is 4.79 Å². The standard InChI is InChI=1S/C20H19N5O3S/c21-16-15(18(27)24-20(28)25(16)11-7-8-11)14(26)9-29-19-12-3-1-2-4-13(12)22-17(23-19)10-5-6-10/h1-4,10-11H,5-9,21H2,(H,24,27,28). The number of para-hydroxylation sites is 1. The number of fused-ring (bicyclic) bond motifs is 1. The number of hydrogen-bond donors (Lipinski definition) is 2. The molecule has 2 aromatic heterocycles. The quantitative estimate of drug-likeness (QED) is 0.363. The first-order chi connectivity index (χ1) is 14.0. The molecule has 3 aromatic rings. The number of aromatic amines is 1. The number of carbonyl (C=O) groups is 1. The Morgan fingerprint density at radius 3 is 2.66 bits per heavy atom. The number of nitrogen functional groups attached to an aromatic ring is 1. The Kier molecular flexibility index (Phi) is 4.27.